The molecule has 1 atom stereocenters. The van der Waals surface area contributed by atoms with Crippen LogP contribution >= 0.6 is 0 Å². The van der Waals surface area contributed by atoms with Crippen LogP contribution in [0.1, 0.15) is 42.4 Å². The van der Waals surface area contributed by atoms with Crippen molar-refractivity contribution in [3.05, 3.63) is 59.4 Å². The zero-order valence-electron chi connectivity index (χ0n) is 16.8. The van der Waals surface area contributed by atoms with Crippen LogP contribution in [0, 0.1) is 19.3 Å². The van der Waals surface area contributed by atoms with Crippen LogP contribution < -0.4 is 10.6 Å². The smallest absolute Gasteiger partial charge is 0.330 e. The molecule has 148 valence electrons. The molecular formula is C21H26N4O3. The van der Waals surface area contributed by atoms with Crippen LogP contribution in [0.4, 0.5) is 11.6 Å². The largest absolute Gasteiger partial charge is 0.479 e. The van der Waals surface area contributed by atoms with Crippen molar-refractivity contribution >= 4 is 23.5 Å². The van der Waals surface area contributed by atoms with Crippen LogP contribution in [0.5, 0.6) is 0 Å². The molecule has 0 saturated heterocycles. The highest BCUT2D eigenvalue weighted by Gasteiger charge is 2.21. The van der Waals surface area contributed by atoms with E-state index in [4.69, 9.17) is 0 Å². The van der Waals surface area contributed by atoms with E-state index >= 15 is 0 Å². The monoisotopic (exact) mass is 382 g/mol. The van der Waals surface area contributed by atoms with Gasteiger partial charge in [0.2, 0.25) is 5.95 Å². The van der Waals surface area contributed by atoms with Gasteiger partial charge in [0.15, 0.2) is 0 Å². The number of nitrogens with one attached hydrogen (secondary N) is 2. The van der Waals surface area contributed by atoms with Crippen LogP contribution in [0.3, 0.4) is 0 Å². The Bertz CT molecular complexity index is 884. The van der Waals surface area contributed by atoms with E-state index in [-0.39, 0.29) is 11.0 Å². The van der Waals surface area contributed by atoms with E-state index in [9.17, 15) is 14.7 Å². The molecular weight excluding hydrogens is 356 g/mol. The first-order valence-corrected chi connectivity index (χ1v) is 8.95. The van der Waals surface area contributed by atoms with Crippen molar-refractivity contribution in [3.8, 4) is 0 Å². The van der Waals surface area contributed by atoms with Crippen molar-refractivity contribution in [2.75, 3.05) is 5.32 Å². The topological polar surface area (TPSA) is 104 Å². The third-order valence-electron chi connectivity index (χ3n) is 3.87. The number of aryl methyl sites for hydroxylation is 2. The van der Waals surface area contributed by atoms with Crippen LogP contribution in [0.15, 0.2) is 42.6 Å². The van der Waals surface area contributed by atoms with E-state index in [2.05, 4.69) is 20.6 Å². The van der Waals surface area contributed by atoms with E-state index in [0.29, 0.717) is 11.6 Å². The van der Waals surface area contributed by atoms with Gasteiger partial charge in [-0.3, -0.25) is 4.79 Å². The molecule has 2 aromatic rings. The minimum absolute atomic E-state index is 0.194. The third-order valence-corrected chi connectivity index (χ3v) is 3.87. The number of nitrogens with zero attached hydrogens (tertiary/aromatic N) is 2. The highest BCUT2D eigenvalue weighted by atomic mass is 16.4. The van der Waals surface area contributed by atoms with Gasteiger partial charge in [-0.05, 0) is 31.4 Å². The maximum absolute atomic E-state index is 12.5. The number of aromatic nitrogens is 2. The summed E-state index contributed by atoms with van der Waals surface area (Å²) in [5.74, 6) is -1.31. The number of rotatable bonds is 6. The molecule has 0 aliphatic carbocycles. The fourth-order valence-electron chi connectivity index (χ4n) is 2.31. The number of carbonyl (C=O) groups excluding carboxylic acids is 1. The predicted molar refractivity (Wildman–Crippen MR) is 109 cm³/mol. The first kappa shape index (κ1) is 21.1. The summed E-state index contributed by atoms with van der Waals surface area (Å²) in [6.45, 7) is 9.52. The molecule has 7 heteroatoms. The quantitative estimate of drug-likeness (QED) is 0.659. The normalized spacial score (nSPS) is 12.6. The zero-order valence-corrected chi connectivity index (χ0v) is 16.8. The number of anilines is 2. The van der Waals surface area contributed by atoms with Crippen molar-refractivity contribution in [3.63, 3.8) is 0 Å². The Kier molecular flexibility index (Phi) is 6.51. The summed E-state index contributed by atoms with van der Waals surface area (Å²) in [5.41, 5.74) is 2.46. The minimum Gasteiger partial charge on any atom is -0.479 e. The van der Waals surface area contributed by atoms with Gasteiger partial charge in [0.25, 0.3) is 5.91 Å². The fraction of sp³-hybridized carbons (Fsp3) is 0.333. The highest BCUT2D eigenvalue weighted by Crippen LogP contribution is 2.16. The van der Waals surface area contributed by atoms with Crippen molar-refractivity contribution in [2.24, 2.45) is 5.41 Å². The molecule has 0 aliphatic rings. The molecule has 0 bridgehead atoms. The van der Waals surface area contributed by atoms with Gasteiger partial charge < -0.3 is 15.7 Å². The molecule has 1 amide bonds. The second kappa shape index (κ2) is 8.65. The van der Waals surface area contributed by atoms with Crippen molar-refractivity contribution in [1.29, 1.82) is 0 Å². The summed E-state index contributed by atoms with van der Waals surface area (Å²) in [7, 11) is 0. The van der Waals surface area contributed by atoms with Gasteiger partial charge in [-0.1, -0.05) is 50.6 Å². The lowest BCUT2D eigenvalue weighted by atomic mass is 9.95. The summed E-state index contributed by atoms with van der Waals surface area (Å²) in [4.78, 5) is 32.4. The standard InChI is InChI=1S/C21H26N4O3/c1-13-6-8-15(9-7-13)24-20-22-12-16(14(2)23-20)18(26)25-17(19(27)28)10-11-21(3,4)5/h6-12,17H,1-5H3,(H,25,26)(H,27,28)(H,22,23,24)/b11-10+. The molecule has 7 nitrogen and oxygen atoms in total. The molecule has 1 aromatic carbocycles. The fourth-order valence-corrected chi connectivity index (χ4v) is 2.31. The van der Waals surface area contributed by atoms with Crippen LogP contribution in [-0.2, 0) is 4.79 Å². The molecule has 1 unspecified atom stereocenters. The summed E-state index contributed by atoms with van der Waals surface area (Å²) < 4.78 is 0. The summed E-state index contributed by atoms with van der Waals surface area (Å²) >= 11 is 0. The Morgan fingerprint density at radius 3 is 2.32 bits per heavy atom. The second-order valence-corrected chi connectivity index (χ2v) is 7.70. The summed E-state index contributed by atoms with van der Waals surface area (Å²) in [6, 6.07) is 6.63. The van der Waals surface area contributed by atoms with E-state index in [0.717, 1.165) is 11.3 Å². The maximum atomic E-state index is 12.5. The van der Waals surface area contributed by atoms with E-state index in [1.54, 1.807) is 13.0 Å². The number of carboxylic acid groups (broad SMARTS) is 1. The average molecular weight is 382 g/mol. The molecule has 3 N–H and O–H groups in total. The first-order valence-electron chi connectivity index (χ1n) is 8.95. The number of hydrogen-bond acceptors (Lipinski definition) is 5. The summed E-state index contributed by atoms with van der Waals surface area (Å²) in [5, 5.41) is 14.9. The Morgan fingerprint density at radius 1 is 1.14 bits per heavy atom. The van der Waals surface area contributed by atoms with Crippen molar-refractivity contribution < 1.29 is 14.7 Å². The lowest BCUT2D eigenvalue weighted by molar-refractivity contribution is -0.137. The molecule has 0 saturated carbocycles. The Balaban J connectivity index is 2.13. The lowest BCUT2D eigenvalue weighted by Crippen LogP contribution is -2.40. The molecule has 2 rings (SSSR count). The molecule has 1 heterocycles. The highest BCUT2D eigenvalue weighted by molar-refractivity contribution is 5.97. The van der Waals surface area contributed by atoms with Crippen LogP contribution in [0.2, 0.25) is 0 Å². The molecule has 0 radical (unpaired) electrons. The maximum Gasteiger partial charge on any atom is 0.330 e. The number of benzene rings is 1. The zero-order chi connectivity index (χ0) is 20.9. The first-order chi connectivity index (χ1) is 13.0. The Labute approximate surface area is 164 Å². The number of carbonyl (C=O) groups is 2. The van der Waals surface area contributed by atoms with Gasteiger partial charge in [0, 0.05) is 11.9 Å². The molecule has 0 fully saturated rings. The van der Waals surface area contributed by atoms with Gasteiger partial charge in [-0.25, -0.2) is 14.8 Å². The van der Waals surface area contributed by atoms with Crippen molar-refractivity contribution in [2.45, 2.75) is 40.7 Å². The van der Waals surface area contributed by atoms with E-state index in [1.165, 1.54) is 12.3 Å². The number of carboxylic acids is 1. The predicted octanol–water partition coefficient (Wildman–Crippen LogP) is 3.62. The number of allylic oxidation sites excluding steroid dienone is 1. The van der Waals surface area contributed by atoms with Gasteiger partial charge >= 0.3 is 5.97 Å². The number of aliphatic carboxylic acids is 1. The summed E-state index contributed by atoms with van der Waals surface area (Å²) in [6.07, 6.45) is 4.62. The van der Waals surface area contributed by atoms with E-state index < -0.39 is 17.9 Å². The second-order valence-electron chi connectivity index (χ2n) is 7.70. The number of hydrogen-bond donors (Lipinski definition) is 3. The van der Waals surface area contributed by atoms with Gasteiger partial charge in [-0.15, -0.1) is 0 Å². The lowest BCUT2D eigenvalue weighted by Gasteiger charge is -2.15. The molecule has 0 spiro atoms. The van der Waals surface area contributed by atoms with Crippen LogP contribution in [-0.4, -0.2) is 33.0 Å². The SMILES string of the molecule is Cc1ccc(Nc2ncc(C(=O)NC(/C=C/C(C)(C)C)C(=O)O)c(C)n2)cc1. The average Bonchev–Trinajstić information content (AvgIpc) is 2.59. The van der Waals surface area contributed by atoms with Crippen molar-refractivity contribution in [1.82, 2.24) is 15.3 Å². The number of amides is 1. The van der Waals surface area contributed by atoms with Gasteiger partial charge in [0.05, 0.1) is 11.3 Å². The Hall–Kier alpha value is -3.22. The Morgan fingerprint density at radius 2 is 1.79 bits per heavy atom. The minimum atomic E-state index is -1.13. The third kappa shape index (κ3) is 6.19. The molecule has 0 aliphatic heterocycles. The van der Waals surface area contributed by atoms with Gasteiger partial charge in [0.1, 0.15) is 6.04 Å². The van der Waals surface area contributed by atoms with Gasteiger partial charge in [-0.2, -0.15) is 0 Å². The molecule has 1 aromatic heterocycles. The van der Waals surface area contributed by atoms with E-state index in [1.807, 2.05) is 52.0 Å². The van der Waals surface area contributed by atoms with Crippen LogP contribution in [0.25, 0.3) is 0 Å². The molecule has 28 heavy (non-hydrogen) atoms.